The quantitative estimate of drug-likeness (QED) is 0.117. The topological polar surface area (TPSA) is 85.2 Å². The lowest BCUT2D eigenvalue weighted by atomic mass is 9.76. The zero-order valence-electron chi connectivity index (χ0n) is 28.0. The Balaban J connectivity index is 1.06. The summed E-state index contributed by atoms with van der Waals surface area (Å²) in [5.74, 6) is 1.52. The predicted molar refractivity (Wildman–Crippen MR) is 195 cm³/mol. The molecule has 8 nitrogen and oxygen atoms in total. The number of ether oxygens (including phenoxy) is 1. The Hall–Kier alpha value is -5.25. The number of nitrogens with one attached hydrogen (secondary N) is 1. The maximum Gasteiger partial charge on any atom is 0.244 e. The minimum Gasteiger partial charge on any atom is -0.489 e. The summed E-state index contributed by atoms with van der Waals surface area (Å²) in [5.41, 5.74) is 4.62. The molecular formula is C41H38N6O2S. The van der Waals surface area contributed by atoms with Crippen LogP contribution in [0.3, 0.4) is 0 Å². The van der Waals surface area contributed by atoms with E-state index in [4.69, 9.17) is 4.74 Å². The summed E-state index contributed by atoms with van der Waals surface area (Å²) in [7, 11) is 0. The van der Waals surface area contributed by atoms with Gasteiger partial charge in [0.15, 0.2) is 5.82 Å². The van der Waals surface area contributed by atoms with E-state index in [0.717, 1.165) is 33.6 Å². The molecule has 0 bridgehead atoms. The molecule has 3 heterocycles. The van der Waals surface area contributed by atoms with Crippen LogP contribution >= 0.6 is 11.8 Å². The van der Waals surface area contributed by atoms with Gasteiger partial charge in [-0.1, -0.05) is 133 Å². The normalized spacial score (nSPS) is 19.5. The van der Waals surface area contributed by atoms with Crippen LogP contribution in [0.2, 0.25) is 0 Å². The van der Waals surface area contributed by atoms with Crippen LogP contribution in [0.1, 0.15) is 53.5 Å². The Kier molecular flexibility index (Phi) is 8.46. The number of rotatable bonds is 11. The Morgan fingerprint density at radius 3 is 1.84 bits per heavy atom. The van der Waals surface area contributed by atoms with Gasteiger partial charge in [0.25, 0.3) is 0 Å². The largest absolute Gasteiger partial charge is 0.489 e. The molecule has 5 aromatic carbocycles. The zero-order valence-corrected chi connectivity index (χ0v) is 28.8. The number of β-lactam (4-membered cyclic amide) rings is 1. The van der Waals surface area contributed by atoms with Crippen molar-refractivity contribution in [3.05, 3.63) is 179 Å². The van der Waals surface area contributed by atoms with Crippen LogP contribution in [0.4, 0.5) is 0 Å². The lowest BCUT2D eigenvalue weighted by Crippen LogP contribution is -2.70. The average molecular weight is 679 g/mol. The second kappa shape index (κ2) is 13.2. The molecule has 6 aromatic rings. The van der Waals surface area contributed by atoms with E-state index in [0.29, 0.717) is 19.0 Å². The minimum atomic E-state index is -0.752. The summed E-state index contributed by atoms with van der Waals surface area (Å²) in [5, 5.41) is 16.8. The Morgan fingerprint density at radius 1 is 0.740 bits per heavy atom. The number of fused-ring (bicyclic) bond motifs is 1. The third-order valence-electron chi connectivity index (χ3n) is 9.74. The molecule has 2 saturated heterocycles. The van der Waals surface area contributed by atoms with Gasteiger partial charge in [-0.3, -0.25) is 10.1 Å². The molecule has 9 heteroatoms. The predicted octanol–water partition coefficient (Wildman–Crippen LogP) is 6.99. The van der Waals surface area contributed by atoms with E-state index in [1.54, 1.807) is 11.8 Å². The molecule has 0 spiro atoms. The number of carbonyl (C=O) groups excluding carboxylic acids is 1. The first-order chi connectivity index (χ1) is 24.4. The maximum atomic E-state index is 14.4. The lowest BCUT2D eigenvalue weighted by molar-refractivity contribution is -0.150. The highest BCUT2D eigenvalue weighted by Gasteiger charge is 2.64. The molecule has 3 atom stereocenters. The smallest absolute Gasteiger partial charge is 0.244 e. The van der Waals surface area contributed by atoms with Gasteiger partial charge in [0.1, 0.15) is 29.8 Å². The highest BCUT2D eigenvalue weighted by Crippen LogP contribution is 2.57. The van der Waals surface area contributed by atoms with Gasteiger partial charge in [0.05, 0.1) is 12.1 Å². The molecule has 2 aliphatic rings. The summed E-state index contributed by atoms with van der Waals surface area (Å²) in [6, 6.07) is 48.6. The number of amides is 1. The van der Waals surface area contributed by atoms with E-state index in [-0.39, 0.29) is 22.1 Å². The number of hydrogen-bond acceptors (Lipinski definition) is 7. The third-order valence-corrected chi connectivity index (χ3v) is 11.3. The molecule has 2 aliphatic heterocycles. The van der Waals surface area contributed by atoms with Crippen molar-refractivity contribution in [2.75, 3.05) is 0 Å². The van der Waals surface area contributed by atoms with Crippen LogP contribution < -0.4 is 10.1 Å². The molecule has 0 saturated carbocycles. The summed E-state index contributed by atoms with van der Waals surface area (Å²) in [4.78, 5) is 16.4. The monoisotopic (exact) mass is 678 g/mol. The van der Waals surface area contributed by atoms with Crippen molar-refractivity contribution >= 4 is 17.7 Å². The average Bonchev–Trinajstić information content (AvgIpc) is 3.71. The summed E-state index contributed by atoms with van der Waals surface area (Å²) < 4.78 is 7.47. The Morgan fingerprint density at radius 2 is 1.28 bits per heavy atom. The molecule has 1 aromatic heterocycles. The van der Waals surface area contributed by atoms with Crippen molar-refractivity contribution in [2.24, 2.45) is 0 Å². The van der Waals surface area contributed by atoms with Gasteiger partial charge in [-0.25, -0.2) is 4.68 Å². The highest BCUT2D eigenvalue weighted by atomic mass is 32.2. The van der Waals surface area contributed by atoms with Gasteiger partial charge in [0.2, 0.25) is 5.91 Å². The van der Waals surface area contributed by atoms with E-state index in [9.17, 15) is 4.79 Å². The van der Waals surface area contributed by atoms with Gasteiger partial charge in [-0.2, -0.15) is 0 Å². The molecule has 250 valence electrons. The lowest BCUT2D eigenvalue weighted by Gasteiger charge is -2.49. The number of thioether (sulfide) groups is 1. The minimum absolute atomic E-state index is 0.0414. The van der Waals surface area contributed by atoms with Crippen LogP contribution in [-0.4, -0.2) is 47.2 Å². The molecular weight excluding hydrogens is 641 g/mol. The molecule has 2 fully saturated rings. The molecule has 0 aliphatic carbocycles. The Labute approximate surface area is 296 Å². The summed E-state index contributed by atoms with van der Waals surface area (Å²) in [6.07, 6.45) is 0. The van der Waals surface area contributed by atoms with Crippen LogP contribution in [0, 0.1) is 0 Å². The van der Waals surface area contributed by atoms with Crippen LogP contribution in [0.15, 0.2) is 146 Å². The second-order valence-electron chi connectivity index (χ2n) is 13.3. The van der Waals surface area contributed by atoms with Crippen molar-refractivity contribution in [3.63, 3.8) is 0 Å². The molecule has 8 rings (SSSR count). The second-order valence-corrected chi connectivity index (χ2v) is 15.1. The van der Waals surface area contributed by atoms with Gasteiger partial charge >= 0.3 is 0 Å². The van der Waals surface area contributed by atoms with Crippen molar-refractivity contribution < 1.29 is 9.53 Å². The van der Waals surface area contributed by atoms with Crippen molar-refractivity contribution in [1.82, 2.24) is 30.4 Å². The fourth-order valence-corrected chi connectivity index (χ4v) is 8.97. The van der Waals surface area contributed by atoms with Gasteiger partial charge < -0.3 is 9.64 Å². The highest BCUT2D eigenvalue weighted by molar-refractivity contribution is 8.01. The third kappa shape index (κ3) is 5.76. The fourth-order valence-electron chi connectivity index (χ4n) is 7.34. The molecule has 1 N–H and O–H groups in total. The first-order valence-corrected chi connectivity index (χ1v) is 17.8. The van der Waals surface area contributed by atoms with Crippen molar-refractivity contribution in [2.45, 2.75) is 54.7 Å². The summed E-state index contributed by atoms with van der Waals surface area (Å²) >= 11 is 1.80. The van der Waals surface area contributed by atoms with E-state index in [2.05, 4.69) is 107 Å². The zero-order chi connectivity index (χ0) is 34.1. The number of aromatic nitrogens is 4. The molecule has 50 heavy (non-hydrogen) atoms. The summed E-state index contributed by atoms with van der Waals surface area (Å²) in [6.45, 7) is 5.35. The molecule has 0 radical (unpaired) electrons. The number of benzene rings is 5. The number of tetrazole rings is 1. The molecule has 3 unspecified atom stereocenters. The first kappa shape index (κ1) is 32.0. The van der Waals surface area contributed by atoms with E-state index in [1.807, 2.05) is 82.4 Å². The first-order valence-electron chi connectivity index (χ1n) is 16.9. The van der Waals surface area contributed by atoms with Crippen LogP contribution in [-0.2, 0) is 23.5 Å². The van der Waals surface area contributed by atoms with Gasteiger partial charge in [-0.15, -0.1) is 16.9 Å². The van der Waals surface area contributed by atoms with E-state index in [1.165, 1.54) is 0 Å². The van der Waals surface area contributed by atoms with Gasteiger partial charge in [-0.05, 0) is 64.2 Å². The van der Waals surface area contributed by atoms with Crippen LogP contribution in [0.25, 0.3) is 0 Å². The Bertz CT molecular complexity index is 1960. The number of hydrogen-bond donors (Lipinski definition) is 1. The van der Waals surface area contributed by atoms with Crippen molar-refractivity contribution in [3.8, 4) is 5.75 Å². The maximum absolute atomic E-state index is 14.4. The van der Waals surface area contributed by atoms with Crippen molar-refractivity contribution in [1.29, 1.82) is 0 Å². The van der Waals surface area contributed by atoms with E-state index >= 15 is 0 Å². The van der Waals surface area contributed by atoms with Gasteiger partial charge in [0, 0.05) is 4.75 Å². The number of nitrogens with zero attached hydrogens (tertiary/aromatic N) is 5. The van der Waals surface area contributed by atoms with Crippen LogP contribution in [0.5, 0.6) is 5.75 Å². The number of carbonyl (C=O) groups is 1. The fraction of sp³-hybridized carbons (Fsp3) is 0.220. The van der Waals surface area contributed by atoms with E-state index < -0.39 is 11.6 Å². The molecule has 1 amide bonds. The standard InChI is InChI=1S/C41H38N6O2S/c1-40(2)36(37-43-44-45-46(37)27-29-23-25-34(26-24-29)49-28-30-15-7-3-8-16-30)47-38(48)35(39(47)50-40)42-41(31-17-9-4-10-18-31,32-19-11-5-12-20-32)33-21-13-6-14-22-33/h3-26,35-36,39,42H,27-28H2,1-2H3. The SMILES string of the molecule is CC1(C)SC2C(NC(c3ccccc3)(c3ccccc3)c3ccccc3)C(=O)N2C1c1nnnn1Cc1ccc(OCc2ccccc2)cc1.